The van der Waals surface area contributed by atoms with Gasteiger partial charge in [0.1, 0.15) is 5.82 Å². The molecule has 0 N–H and O–H groups in total. The van der Waals surface area contributed by atoms with Crippen LogP contribution in [0.5, 0.6) is 0 Å². The minimum atomic E-state index is -0.411. The summed E-state index contributed by atoms with van der Waals surface area (Å²) in [5.74, 6) is -0.603. The molecule has 6 nitrogen and oxygen atoms in total. The summed E-state index contributed by atoms with van der Waals surface area (Å²) in [5.41, 5.74) is 1.95. The van der Waals surface area contributed by atoms with Gasteiger partial charge in [0.15, 0.2) is 0 Å². The molecule has 170 valence electrons. The van der Waals surface area contributed by atoms with E-state index in [4.69, 9.17) is 4.74 Å². The fourth-order valence-electron chi connectivity index (χ4n) is 4.80. The molecule has 2 heterocycles. The SMILES string of the molecule is COCCN1C(=O)CC[C@@H](C(=O)N2CCN(c3ccccc3)CC2)[C@@H]1c1ccc(F)cc1. The van der Waals surface area contributed by atoms with E-state index in [1.807, 2.05) is 23.1 Å². The number of hydrogen-bond donors (Lipinski definition) is 0. The van der Waals surface area contributed by atoms with Crippen molar-refractivity contribution in [1.82, 2.24) is 9.80 Å². The number of rotatable bonds is 6. The Kier molecular flexibility index (Phi) is 7.05. The number of likely N-dealkylation sites (tertiary alicyclic amines) is 1. The molecule has 2 aromatic rings. The summed E-state index contributed by atoms with van der Waals surface area (Å²) in [6.07, 6.45) is 0.837. The number of nitrogens with zero attached hydrogens (tertiary/aromatic N) is 3. The van der Waals surface area contributed by atoms with Gasteiger partial charge in [0.25, 0.3) is 0 Å². The van der Waals surface area contributed by atoms with Crippen molar-refractivity contribution in [2.75, 3.05) is 51.3 Å². The zero-order chi connectivity index (χ0) is 22.5. The monoisotopic (exact) mass is 439 g/mol. The number of ether oxygens (including phenoxy) is 1. The predicted molar refractivity (Wildman–Crippen MR) is 121 cm³/mol. The van der Waals surface area contributed by atoms with Gasteiger partial charge in [-0.3, -0.25) is 9.59 Å². The van der Waals surface area contributed by atoms with Crippen LogP contribution in [0.4, 0.5) is 10.1 Å². The second-order valence-electron chi connectivity index (χ2n) is 8.37. The van der Waals surface area contributed by atoms with Gasteiger partial charge < -0.3 is 19.4 Å². The fourth-order valence-corrected chi connectivity index (χ4v) is 4.80. The van der Waals surface area contributed by atoms with Crippen LogP contribution in [-0.4, -0.2) is 68.1 Å². The Balaban J connectivity index is 1.52. The molecule has 7 heteroatoms. The third-order valence-corrected chi connectivity index (χ3v) is 6.48. The number of anilines is 1. The molecule has 0 aliphatic carbocycles. The van der Waals surface area contributed by atoms with Crippen LogP contribution in [0, 0.1) is 11.7 Å². The van der Waals surface area contributed by atoms with Crippen molar-refractivity contribution in [2.45, 2.75) is 18.9 Å². The molecular formula is C25H30FN3O3. The van der Waals surface area contributed by atoms with Gasteiger partial charge >= 0.3 is 0 Å². The third-order valence-electron chi connectivity index (χ3n) is 6.48. The first-order chi connectivity index (χ1) is 15.6. The average molecular weight is 440 g/mol. The largest absolute Gasteiger partial charge is 0.383 e. The van der Waals surface area contributed by atoms with Crippen LogP contribution < -0.4 is 4.90 Å². The van der Waals surface area contributed by atoms with Crippen molar-refractivity contribution in [3.8, 4) is 0 Å². The van der Waals surface area contributed by atoms with E-state index in [-0.39, 0.29) is 23.5 Å². The Bertz CT molecular complexity index is 914. The van der Waals surface area contributed by atoms with Crippen LogP contribution in [0.1, 0.15) is 24.4 Å². The highest BCUT2D eigenvalue weighted by Gasteiger charge is 2.42. The molecule has 0 bridgehead atoms. The number of halogens is 1. The minimum Gasteiger partial charge on any atom is -0.383 e. The Morgan fingerprint density at radius 1 is 1.03 bits per heavy atom. The second kappa shape index (κ2) is 10.1. The molecule has 2 saturated heterocycles. The number of benzene rings is 2. The summed E-state index contributed by atoms with van der Waals surface area (Å²) < 4.78 is 18.8. The van der Waals surface area contributed by atoms with Crippen molar-refractivity contribution in [1.29, 1.82) is 0 Å². The van der Waals surface area contributed by atoms with E-state index in [2.05, 4.69) is 17.0 Å². The summed E-state index contributed by atoms with van der Waals surface area (Å²) >= 11 is 0. The molecular weight excluding hydrogens is 409 g/mol. The summed E-state index contributed by atoms with van der Waals surface area (Å²) in [7, 11) is 1.59. The molecule has 0 spiro atoms. The Morgan fingerprint density at radius 2 is 1.72 bits per heavy atom. The maximum absolute atomic E-state index is 13.6. The van der Waals surface area contributed by atoms with E-state index in [0.717, 1.165) is 24.3 Å². The van der Waals surface area contributed by atoms with Crippen molar-refractivity contribution in [3.63, 3.8) is 0 Å². The van der Waals surface area contributed by atoms with Crippen LogP contribution >= 0.6 is 0 Å². The molecule has 0 unspecified atom stereocenters. The lowest BCUT2D eigenvalue weighted by Gasteiger charge is -2.44. The molecule has 32 heavy (non-hydrogen) atoms. The van der Waals surface area contributed by atoms with Crippen LogP contribution in [0.3, 0.4) is 0 Å². The van der Waals surface area contributed by atoms with Crippen LogP contribution in [0.2, 0.25) is 0 Å². The first-order valence-electron chi connectivity index (χ1n) is 11.2. The van der Waals surface area contributed by atoms with E-state index in [1.54, 1.807) is 24.1 Å². The van der Waals surface area contributed by atoms with Crippen LogP contribution in [0.25, 0.3) is 0 Å². The minimum absolute atomic E-state index is 0.00863. The number of amides is 2. The maximum atomic E-state index is 13.6. The van der Waals surface area contributed by atoms with Gasteiger partial charge in [0.2, 0.25) is 11.8 Å². The lowest BCUT2D eigenvalue weighted by atomic mass is 9.83. The second-order valence-corrected chi connectivity index (χ2v) is 8.37. The third kappa shape index (κ3) is 4.78. The summed E-state index contributed by atoms with van der Waals surface area (Å²) in [6, 6.07) is 16.0. The lowest BCUT2D eigenvalue weighted by molar-refractivity contribution is -0.149. The predicted octanol–water partition coefficient (Wildman–Crippen LogP) is 3.10. The molecule has 2 aliphatic heterocycles. The van der Waals surface area contributed by atoms with Crippen molar-refractivity contribution >= 4 is 17.5 Å². The molecule has 2 fully saturated rings. The van der Waals surface area contributed by atoms with Crippen LogP contribution in [-0.2, 0) is 14.3 Å². The Morgan fingerprint density at radius 3 is 2.38 bits per heavy atom. The molecule has 0 saturated carbocycles. The standard InChI is InChI=1S/C25H30FN3O3/c1-32-18-17-29-23(30)12-11-22(24(29)19-7-9-20(26)10-8-19)25(31)28-15-13-27(14-16-28)21-5-3-2-4-6-21/h2-10,22,24H,11-18H2,1H3/t22-,24+/m1/s1. The van der Waals surface area contributed by atoms with Gasteiger partial charge in [-0.25, -0.2) is 4.39 Å². The zero-order valence-corrected chi connectivity index (χ0v) is 18.5. The van der Waals surface area contributed by atoms with Gasteiger partial charge in [-0.2, -0.15) is 0 Å². The fraction of sp³-hybridized carbons (Fsp3) is 0.440. The van der Waals surface area contributed by atoms with E-state index < -0.39 is 6.04 Å². The highest BCUT2D eigenvalue weighted by Crippen LogP contribution is 2.38. The molecule has 2 aliphatic rings. The van der Waals surface area contributed by atoms with Gasteiger partial charge in [0.05, 0.1) is 18.6 Å². The highest BCUT2D eigenvalue weighted by atomic mass is 19.1. The van der Waals surface area contributed by atoms with Crippen LogP contribution in [0.15, 0.2) is 54.6 Å². The number of carbonyl (C=O) groups is 2. The van der Waals surface area contributed by atoms with E-state index >= 15 is 0 Å². The average Bonchev–Trinajstić information content (AvgIpc) is 2.84. The molecule has 2 atom stereocenters. The maximum Gasteiger partial charge on any atom is 0.228 e. The molecule has 2 amide bonds. The van der Waals surface area contributed by atoms with E-state index in [9.17, 15) is 14.0 Å². The first-order valence-corrected chi connectivity index (χ1v) is 11.2. The first kappa shape index (κ1) is 22.3. The topological polar surface area (TPSA) is 53.1 Å². The molecule has 4 rings (SSSR count). The van der Waals surface area contributed by atoms with Gasteiger partial charge in [-0.05, 0) is 36.2 Å². The number of piperidine rings is 1. The summed E-state index contributed by atoms with van der Waals surface area (Å²) in [5, 5.41) is 0. The smallest absolute Gasteiger partial charge is 0.228 e. The van der Waals surface area contributed by atoms with E-state index in [0.29, 0.717) is 39.1 Å². The number of hydrogen-bond acceptors (Lipinski definition) is 4. The van der Waals surface area contributed by atoms with Crippen molar-refractivity contribution in [3.05, 3.63) is 66.0 Å². The van der Waals surface area contributed by atoms with Gasteiger partial charge in [-0.1, -0.05) is 30.3 Å². The molecule has 0 aromatic heterocycles. The van der Waals surface area contributed by atoms with Crippen molar-refractivity contribution in [2.24, 2.45) is 5.92 Å². The summed E-state index contributed by atoms with van der Waals surface area (Å²) in [6.45, 7) is 3.63. The normalized spacial score (nSPS) is 21.7. The van der Waals surface area contributed by atoms with Gasteiger partial charge in [-0.15, -0.1) is 0 Å². The van der Waals surface area contributed by atoms with Gasteiger partial charge in [0, 0.05) is 51.9 Å². The number of para-hydroxylation sites is 1. The number of piperazine rings is 1. The zero-order valence-electron chi connectivity index (χ0n) is 18.5. The quantitative estimate of drug-likeness (QED) is 0.694. The molecule has 2 aromatic carbocycles. The molecule has 0 radical (unpaired) electrons. The van der Waals surface area contributed by atoms with Crippen molar-refractivity contribution < 1.29 is 18.7 Å². The lowest BCUT2D eigenvalue weighted by Crippen LogP contribution is -2.54. The number of carbonyl (C=O) groups excluding carboxylic acids is 2. The van der Waals surface area contributed by atoms with E-state index in [1.165, 1.54) is 12.1 Å². The Labute approximate surface area is 188 Å². The highest BCUT2D eigenvalue weighted by molar-refractivity contribution is 5.85. The summed E-state index contributed by atoms with van der Waals surface area (Å²) in [4.78, 5) is 32.3. The Hall–Kier alpha value is -2.93. The number of methoxy groups -OCH3 is 1.